The van der Waals surface area contributed by atoms with Crippen LogP contribution in [0.15, 0.2) is 17.5 Å². The Labute approximate surface area is 89.3 Å². The Morgan fingerprint density at radius 1 is 1.57 bits per heavy atom. The average molecular weight is 211 g/mol. The first-order valence-corrected chi connectivity index (χ1v) is 6.03. The molecule has 0 spiro atoms. The second kappa shape index (κ2) is 4.43. The highest BCUT2D eigenvalue weighted by molar-refractivity contribution is 7.10. The molecule has 0 aliphatic carbocycles. The molecule has 1 N–H and O–H groups in total. The summed E-state index contributed by atoms with van der Waals surface area (Å²) in [7, 11) is 1.78. The molecule has 0 radical (unpaired) electrons. The Balaban J connectivity index is 2.20. The predicted octanol–water partition coefficient (Wildman–Crippen LogP) is 2.36. The fourth-order valence-electron chi connectivity index (χ4n) is 2.17. The van der Waals surface area contributed by atoms with Crippen LogP contribution >= 0.6 is 11.3 Å². The van der Waals surface area contributed by atoms with E-state index in [-0.39, 0.29) is 5.54 Å². The van der Waals surface area contributed by atoms with Crippen molar-refractivity contribution in [1.29, 1.82) is 0 Å². The fraction of sp³-hybridized carbons (Fsp3) is 0.636. The fourth-order valence-corrected chi connectivity index (χ4v) is 3.09. The molecule has 1 unspecified atom stereocenters. The number of ether oxygens (including phenoxy) is 1. The second-order valence-corrected chi connectivity index (χ2v) is 4.82. The first-order chi connectivity index (χ1) is 6.87. The summed E-state index contributed by atoms with van der Waals surface area (Å²) >= 11 is 1.83. The largest absolute Gasteiger partial charge is 0.382 e. The summed E-state index contributed by atoms with van der Waals surface area (Å²) in [6.07, 6.45) is 3.78. The van der Waals surface area contributed by atoms with E-state index in [4.69, 9.17) is 4.74 Å². The molecule has 2 rings (SSSR count). The molecule has 1 atom stereocenters. The Morgan fingerprint density at radius 2 is 2.50 bits per heavy atom. The van der Waals surface area contributed by atoms with Gasteiger partial charge in [0, 0.05) is 12.0 Å². The van der Waals surface area contributed by atoms with Gasteiger partial charge in [0.15, 0.2) is 0 Å². The number of methoxy groups -OCH3 is 1. The van der Waals surface area contributed by atoms with Gasteiger partial charge in [0.1, 0.15) is 0 Å². The third-order valence-corrected chi connectivity index (χ3v) is 3.95. The maximum Gasteiger partial charge on any atom is 0.0765 e. The van der Waals surface area contributed by atoms with Crippen LogP contribution in [0.3, 0.4) is 0 Å². The SMILES string of the molecule is COCC1(c2cccs2)CCCCN1. The van der Waals surface area contributed by atoms with Crippen LogP contribution in [-0.4, -0.2) is 20.3 Å². The molecule has 2 heterocycles. The van der Waals surface area contributed by atoms with Gasteiger partial charge in [0.2, 0.25) is 0 Å². The van der Waals surface area contributed by atoms with Gasteiger partial charge < -0.3 is 10.1 Å². The lowest BCUT2D eigenvalue weighted by Crippen LogP contribution is -2.48. The van der Waals surface area contributed by atoms with Gasteiger partial charge in [-0.1, -0.05) is 6.07 Å². The van der Waals surface area contributed by atoms with Crippen molar-refractivity contribution in [3.8, 4) is 0 Å². The average Bonchev–Trinajstić information content (AvgIpc) is 2.73. The lowest BCUT2D eigenvalue weighted by Gasteiger charge is -2.37. The topological polar surface area (TPSA) is 21.3 Å². The highest BCUT2D eigenvalue weighted by Gasteiger charge is 2.34. The van der Waals surface area contributed by atoms with Gasteiger partial charge in [-0.05, 0) is 37.3 Å². The van der Waals surface area contributed by atoms with Gasteiger partial charge >= 0.3 is 0 Å². The summed E-state index contributed by atoms with van der Waals surface area (Å²) in [6.45, 7) is 1.90. The van der Waals surface area contributed by atoms with E-state index in [0.717, 1.165) is 13.2 Å². The van der Waals surface area contributed by atoms with Crippen molar-refractivity contribution < 1.29 is 4.74 Å². The van der Waals surface area contributed by atoms with Gasteiger partial charge in [0.05, 0.1) is 12.1 Å². The number of nitrogens with one attached hydrogen (secondary N) is 1. The maximum absolute atomic E-state index is 5.35. The van der Waals surface area contributed by atoms with Gasteiger partial charge in [-0.15, -0.1) is 11.3 Å². The van der Waals surface area contributed by atoms with Crippen LogP contribution in [-0.2, 0) is 10.3 Å². The van der Waals surface area contributed by atoms with Crippen LogP contribution in [0.4, 0.5) is 0 Å². The lowest BCUT2D eigenvalue weighted by molar-refractivity contribution is 0.0906. The molecule has 0 amide bonds. The van der Waals surface area contributed by atoms with Gasteiger partial charge in [-0.2, -0.15) is 0 Å². The summed E-state index contributed by atoms with van der Waals surface area (Å²) < 4.78 is 5.35. The van der Waals surface area contributed by atoms with Gasteiger partial charge in [-0.25, -0.2) is 0 Å². The van der Waals surface area contributed by atoms with Gasteiger partial charge in [-0.3, -0.25) is 0 Å². The standard InChI is InChI=1S/C11H17NOS/c1-13-9-11(6-2-3-7-12-11)10-5-4-8-14-10/h4-5,8,12H,2-3,6-7,9H2,1H3. The zero-order valence-corrected chi connectivity index (χ0v) is 9.40. The molecule has 0 saturated carbocycles. The van der Waals surface area contributed by atoms with E-state index in [9.17, 15) is 0 Å². The van der Waals surface area contributed by atoms with Gasteiger partial charge in [0.25, 0.3) is 0 Å². The molecule has 1 aromatic heterocycles. The molecule has 0 bridgehead atoms. The summed E-state index contributed by atoms with van der Waals surface area (Å²) in [4.78, 5) is 1.42. The van der Waals surface area contributed by atoms with Crippen LogP contribution in [0.2, 0.25) is 0 Å². The van der Waals surface area contributed by atoms with Crippen molar-refractivity contribution in [2.24, 2.45) is 0 Å². The van der Waals surface area contributed by atoms with E-state index in [0.29, 0.717) is 0 Å². The zero-order valence-electron chi connectivity index (χ0n) is 8.58. The Bertz CT molecular complexity index is 259. The van der Waals surface area contributed by atoms with Crippen LogP contribution in [0.25, 0.3) is 0 Å². The van der Waals surface area contributed by atoms with Crippen LogP contribution in [0.5, 0.6) is 0 Å². The van der Waals surface area contributed by atoms with E-state index in [1.54, 1.807) is 7.11 Å². The minimum atomic E-state index is 0.0984. The van der Waals surface area contributed by atoms with Crippen molar-refractivity contribution in [2.45, 2.75) is 24.8 Å². The zero-order chi connectivity index (χ0) is 9.86. The number of rotatable bonds is 3. The molecule has 1 saturated heterocycles. The monoisotopic (exact) mass is 211 g/mol. The molecule has 1 aromatic rings. The third-order valence-electron chi connectivity index (χ3n) is 2.88. The van der Waals surface area contributed by atoms with Crippen LogP contribution in [0, 0.1) is 0 Å². The van der Waals surface area contributed by atoms with Crippen molar-refractivity contribution >= 4 is 11.3 Å². The third kappa shape index (κ3) is 1.85. The normalized spacial score (nSPS) is 27.8. The van der Waals surface area contributed by atoms with E-state index < -0.39 is 0 Å². The molecular formula is C11H17NOS. The molecule has 1 fully saturated rings. The van der Waals surface area contributed by atoms with E-state index in [1.165, 1.54) is 24.1 Å². The Kier molecular flexibility index (Phi) is 3.21. The number of piperidine rings is 1. The molecule has 2 nitrogen and oxygen atoms in total. The summed E-state index contributed by atoms with van der Waals surface area (Å²) in [5.74, 6) is 0. The smallest absolute Gasteiger partial charge is 0.0765 e. The first kappa shape index (κ1) is 10.1. The molecular weight excluding hydrogens is 194 g/mol. The number of hydrogen-bond donors (Lipinski definition) is 1. The van der Waals surface area contributed by atoms with Crippen LogP contribution in [0.1, 0.15) is 24.1 Å². The highest BCUT2D eigenvalue weighted by atomic mass is 32.1. The van der Waals surface area contributed by atoms with E-state index in [1.807, 2.05) is 11.3 Å². The molecule has 3 heteroatoms. The predicted molar refractivity (Wildman–Crippen MR) is 59.7 cm³/mol. The van der Waals surface area contributed by atoms with Crippen molar-refractivity contribution in [3.05, 3.63) is 22.4 Å². The summed E-state index contributed by atoms with van der Waals surface area (Å²) in [5, 5.41) is 5.76. The summed E-state index contributed by atoms with van der Waals surface area (Å²) in [5.41, 5.74) is 0.0984. The quantitative estimate of drug-likeness (QED) is 0.828. The summed E-state index contributed by atoms with van der Waals surface area (Å²) in [6, 6.07) is 4.33. The van der Waals surface area contributed by atoms with Crippen molar-refractivity contribution in [3.63, 3.8) is 0 Å². The number of thiophene rings is 1. The number of hydrogen-bond acceptors (Lipinski definition) is 3. The van der Waals surface area contributed by atoms with E-state index in [2.05, 4.69) is 22.8 Å². The molecule has 1 aliphatic heterocycles. The molecule has 78 valence electrons. The molecule has 0 aromatic carbocycles. The minimum absolute atomic E-state index is 0.0984. The maximum atomic E-state index is 5.35. The highest BCUT2D eigenvalue weighted by Crippen LogP contribution is 2.33. The minimum Gasteiger partial charge on any atom is -0.382 e. The molecule has 14 heavy (non-hydrogen) atoms. The first-order valence-electron chi connectivity index (χ1n) is 5.15. The van der Waals surface area contributed by atoms with Crippen LogP contribution < -0.4 is 5.32 Å². The van der Waals surface area contributed by atoms with Crippen molar-refractivity contribution in [2.75, 3.05) is 20.3 Å². The Morgan fingerprint density at radius 3 is 3.07 bits per heavy atom. The lowest BCUT2D eigenvalue weighted by atomic mass is 9.88. The Hall–Kier alpha value is -0.380. The molecule has 1 aliphatic rings. The second-order valence-electron chi connectivity index (χ2n) is 3.88. The van der Waals surface area contributed by atoms with Crippen molar-refractivity contribution in [1.82, 2.24) is 5.32 Å². The van der Waals surface area contributed by atoms with E-state index >= 15 is 0 Å².